The van der Waals surface area contributed by atoms with Crippen LogP contribution in [0.4, 0.5) is 11.4 Å². The van der Waals surface area contributed by atoms with Gasteiger partial charge in [0.25, 0.3) is 11.6 Å². The number of non-ortho nitro benzene ring substituents is 1. The van der Waals surface area contributed by atoms with Crippen molar-refractivity contribution in [3.05, 3.63) is 101 Å². The summed E-state index contributed by atoms with van der Waals surface area (Å²) in [7, 11) is 0. The van der Waals surface area contributed by atoms with Crippen molar-refractivity contribution >= 4 is 17.3 Å². The van der Waals surface area contributed by atoms with Crippen LogP contribution in [0.15, 0.2) is 79.3 Å². The zero-order valence-corrected chi connectivity index (χ0v) is 20.0. The standard InChI is InChI=1S/C26H25N5O5/c1-26(2,3)18-6-8-21(9-7-18)35-17-30-12-10-24(29-30)25(32)28-19-13-20(31(33)34)15-23(14-19)36-22-5-4-11-27-16-22/h4-16H,17H2,1-3H3,(H,28,32). The molecule has 0 aliphatic heterocycles. The van der Waals surface area contributed by atoms with Crippen LogP contribution in [0.1, 0.15) is 36.8 Å². The van der Waals surface area contributed by atoms with Gasteiger partial charge in [0.05, 0.1) is 22.9 Å². The molecule has 2 aromatic carbocycles. The molecule has 0 aliphatic carbocycles. The van der Waals surface area contributed by atoms with Crippen LogP contribution >= 0.6 is 0 Å². The smallest absolute Gasteiger partial charge is 0.276 e. The molecule has 0 fully saturated rings. The van der Waals surface area contributed by atoms with E-state index in [4.69, 9.17) is 9.47 Å². The lowest BCUT2D eigenvalue weighted by molar-refractivity contribution is -0.384. The van der Waals surface area contributed by atoms with E-state index in [9.17, 15) is 14.9 Å². The average molecular weight is 488 g/mol. The number of benzene rings is 2. The van der Waals surface area contributed by atoms with Gasteiger partial charge in [-0.25, -0.2) is 4.68 Å². The Labute approximate surface area is 207 Å². The van der Waals surface area contributed by atoms with Crippen LogP contribution in [0.25, 0.3) is 0 Å². The number of pyridine rings is 1. The third-order valence-corrected chi connectivity index (χ3v) is 5.19. The highest BCUT2D eigenvalue weighted by atomic mass is 16.6. The van der Waals surface area contributed by atoms with Crippen molar-refractivity contribution in [1.29, 1.82) is 0 Å². The van der Waals surface area contributed by atoms with Crippen molar-refractivity contribution in [3.63, 3.8) is 0 Å². The zero-order valence-electron chi connectivity index (χ0n) is 20.0. The molecule has 10 nitrogen and oxygen atoms in total. The van der Waals surface area contributed by atoms with E-state index in [1.165, 1.54) is 40.7 Å². The third kappa shape index (κ3) is 6.23. The maximum Gasteiger partial charge on any atom is 0.276 e. The van der Waals surface area contributed by atoms with Crippen molar-refractivity contribution in [3.8, 4) is 17.2 Å². The number of carbonyl (C=O) groups is 1. The van der Waals surface area contributed by atoms with Crippen molar-refractivity contribution in [1.82, 2.24) is 14.8 Å². The second-order valence-electron chi connectivity index (χ2n) is 9.01. The van der Waals surface area contributed by atoms with E-state index in [1.807, 2.05) is 24.3 Å². The Bertz CT molecular complexity index is 1360. The summed E-state index contributed by atoms with van der Waals surface area (Å²) in [4.78, 5) is 27.5. The number of amides is 1. The van der Waals surface area contributed by atoms with Gasteiger partial charge in [0.15, 0.2) is 12.4 Å². The van der Waals surface area contributed by atoms with Crippen LogP contribution < -0.4 is 14.8 Å². The highest BCUT2D eigenvalue weighted by Gasteiger charge is 2.16. The molecular weight excluding hydrogens is 462 g/mol. The molecule has 10 heteroatoms. The van der Waals surface area contributed by atoms with Crippen LogP contribution in [0.3, 0.4) is 0 Å². The van der Waals surface area contributed by atoms with Gasteiger partial charge < -0.3 is 14.8 Å². The number of nitro benzene ring substituents is 1. The molecule has 0 aliphatic rings. The van der Waals surface area contributed by atoms with E-state index in [1.54, 1.807) is 24.5 Å². The summed E-state index contributed by atoms with van der Waals surface area (Å²) in [6, 6.07) is 16.7. The van der Waals surface area contributed by atoms with Crippen LogP contribution in [0.5, 0.6) is 17.2 Å². The Kier molecular flexibility index (Phi) is 6.95. The number of anilines is 1. The average Bonchev–Trinajstić information content (AvgIpc) is 3.32. The number of hydrogen-bond donors (Lipinski definition) is 1. The van der Waals surface area contributed by atoms with Crippen molar-refractivity contribution in [2.75, 3.05) is 5.32 Å². The third-order valence-electron chi connectivity index (χ3n) is 5.19. The minimum atomic E-state index is -0.564. The van der Waals surface area contributed by atoms with Gasteiger partial charge in [-0.2, -0.15) is 5.10 Å². The summed E-state index contributed by atoms with van der Waals surface area (Å²) >= 11 is 0. The van der Waals surface area contributed by atoms with Gasteiger partial charge >= 0.3 is 0 Å². The molecular formula is C26H25N5O5. The molecule has 0 spiro atoms. The van der Waals surface area contributed by atoms with E-state index in [0.717, 1.165) is 0 Å². The number of aromatic nitrogens is 3. The second kappa shape index (κ2) is 10.3. The van der Waals surface area contributed by atoms with E-state index in [2.05, 4.69) is 36.2 Å². The zero-order chi connectivity index (χ0) is 25.7. The number of nitro groups is 1. The summed E-state index contributed by atoms with van der Waals surface area (Å²) < 4.78 is 12.9. The van der Waals surface area contributed by atoms with E-state index >= 15 is 0 Å². The first-order chi connectivity index (χ1) is 17.2. The largest absolute Gasteiger partial charge is 0.471 e. The lowest BCUT2D eigenvalue weighted by Gasteiger charge is -2.19. The molecule has 0 saturated carbocycles. The number of nitrogens with one attached hydrogen (secondary N) is 1. The summed E-state index contributed by atoms with van der Waals surface area (Å²) in [5.41, 5.74) is 1.33. The Morgan fingerprint density at radius 2 is 1.83 bits per heavy atom. The summed E-state index contributed by atoms with van der Waals surface area (Å²) in [6.45, 7) is 6.53. The number of hydrogen-bond acceptors (Lipinski definition) is 7. The van der Waals surface area contributed by atoms with Gasteiger partial charge in [0.1, 0.15) is 17.2 Å². The molecule has 1 amide bonds. The minimum Gasteiger partial charge on any atom is -0.471 e. The molecule has 0 bridgehead atoms. The van der Waals surface area contributed by atoms with Crippen LogP contribution in [0, 0.1) is 10.1 Å². The van der Waals surface area contributed by atoms with Gasteiger partial charge in [-0.3, -0.25) is 19.9 Å². The fourth-order valence-electron chi connectivity index (χ4n) is 3.31. The number of nitrogens with zero attached hydrogens (tertiary/aromatic N) is 4. The molecule has 2 heterocycles. The monoisotopic (exact) mass is 487 g/mol. The number of rotatable bonds is 8. The first kappa shape index (κ1) is 24.4. The van der Waals surface area contributed by atoms with Crippen LogP contribution in [-0.2, 0) is 12.1 Å². The van der Waals surface area contributed by atoms with Crippen molar-refractivity contribution in [2.24, 2.45) is 0 Å². The van der Waals surface area contributed by atoms with Gasteiger partial charge in [0.2, 0.25) is 0 Å². The molecule has 0 unspecified atom stereocenters. The number of carbonyl (C=O) groups excluding carboxylic acids is 1. The quantitative estimate of drug-likeness (QED) is 0.255. The predicted molar refractivity (Wildman–Crippen MR) is 133 cm³/mol. The van der Waals surface area contributed by atoms with Crippen LogP contribution in [-0.4, -0.2) is 25.6 Å². The molecule has 1 N–H and O–H groups in total. The molecule has 36 heavy (non-hydrogen) atoms. The van der Waals surface area contributed by atoms with E-state index in [-0.39, 0.29) is 35.0 Å². The molecule has 0 atom stereocenters. The first-order valence-corrected chi connectivity index (χ1v) is 11.1. The Morgan fingerprint density at radius 3 is 2.50 bits per heavy atom. The Morgan fingerprint density at radius 1 is 1.06 bits per heavy atom. The van der Waals surface area contributed by atoms with Gasteiger partial charge in [0, 0.05) is 24.5 Å². The topological polar surface area (TPSA) is 121 Å². The molecule has 4 aromatic rings. The normalized spacial score (nSPS) is 11.1. The molecule has 184 valence electrons. The maximum absolute atomic E-state index is 12.7. The van der Waals surface area contributed by atoms with Gasteiger partial charge in [-0.1, -0.05) is 32.9 Å². The molecule has 4 rings (SSSR count). The molecule has 2 aromatic heterocycles. The van der Waals surface area contributed by atoms with E-state index in [0.29, 0.717) is 11.5 Å². The minimum absolute atomic E-state index is 0.0492. The first-order valence-electron chi connectivity index (χ1n) is 11.1. The van der Waals surface area contributed by atoms with E-state index < -0.39 is 10.8 Å². The second-order valence-corrected chi connectivity index (χ2v) is 9.01. The lowest BCUT2D eigenvalue weighted by Crippen LogP contribution is -2.14. The Balaban J connectivity index is 1.42. The predicted octanol–water partition coefficient (Wildman–Crippen LogP) is 5.56. The summed E-state index contributed by atoms with van der Waals surface area (Å²) in [5.74, 6) is 0.740. The summed E-state index contributed by atoms with van der Waals surface area (Å²) in [6.07, 6.45) is 4.67. The fraction of sp³-hybridized carbons (Fsp3) is 0.192. The highest BCUT2D eigenvalue weighted by Crippen LogP contribution is 2.30. The maximum atomic E-state index is 12.7. The van der Waals surface area contributed by atoms with Crippen molar-refractivity contribution < 1.29 is 19.2 Å². The van der Waals surface area contributed by atoms with Gasteiger partial charge in [-0.15, -0.1) is 0 Å². The number of ether oxygens (including phenoxy) is 2. The Hall–Kier alpha value is -4.73. The van der Waals surface area contributed by atoms with Crippen molar-refractivity contribution in [2.45, 2.75) is 32.9 Å². The lowest BCUT2D eigenvalue weighted by atomic mass is 9.87. The fourth-order valence-corrected chi connectivity index (χ4v) is 3.31. The SMILES string of the molecule is CC(C)(C)c1ccc(OCn2ccc(C(=O)Nc3cc(Oc4cccnc4)cc([N+](=O)[O-])c3)n2)cc1. The highest BCUT2D eigenvalue weighted by molar-refractivity contribution is 6.03. The molecule has 0 radical (unpaired) electrons. The summed E-state index contributed by atoms with van der Waals surface area (Å²) in [5, 5.41) is 18.2. The molecule has 0 saturated heterocycles. The van der Waals surface area contributed by atoms with Gasteiger partial charge in [-0.05, 0) is 41.3 Å². The van der Waals surface area contributed by atoms with Crippen LogP contribution in [0.2, 0.25) is 0 Å².